The van der Waals surface area contributed by atoms with Crippen LogP contribution in [0.3, 0.4) is 0 Å². The van der Waals surface area contributed by atoms with Gasteiger partial charge in [0.15, 0.2) is 17.6 Å². The van der Waals surface area contributed by atoms with E-state index in [1.165, 1.54) is 19.3 Å². The molecule has 1 N–H and O–H groups in total. The Kier molecular flexibility index (Phi) is 4.93. The van der Waals surface area contributed by atoms with Crippen LogP contribution in [0.2, 0.25) is 0 Å². The zero-order valence-corrected chi connectivity index (χ0v) is 17.0. The Labute approximate surface area is 176 Å². The monoisotopic (exact) mass is 402 g/mol. The van der Waals surface area contributed by atoms with Crippen LogP contribution in [-0.2, 0) is 14.3 Å². The second-order valence-corrected chi connectivity index (χ2v) is 8.75. The van der Waals surface area contributed by atoms with Crippen LogP contribution in [0.15, 0.2) is 59.9 Å². The summed E-state index contributed by atoms with van der Waals surface area (Å²) in [5, 5.41) is 10.7. The van der Waals surface area contributed by atoms with Crippen molar-refractivity contribution in [2.24, 2.45) is 5.92 Å². The maximum atomic E-state index is 13.2. The van der Waals surface area contributed by atoms with Crippen LogP contribution in [0, 0.1) is 5.92 Å². The van der Waals surface area contributed by atoms with Gasteiger partial charge in [0.05, 0.1) is 0 Å². The fraction of sp³-hybridized carbons (Fsp3) is 0.385. The summed E-state index contributed by atoms with van der Waals surface area (Å²) in [4.78, 5) is 25.6. The van der Waals surface area contributed by atoms with Crippen molar-refractivity contribution >= 4 is 11.8 Å². The second kappa shape index (κ2) is 7.75. The van der Waals surface area contributed by atoms with Gasteiger partial charge >= 0.3 is 5.97 Å². The molecule has 2 aromatic rings. The normalized spacial score (nSPS) is 21.5. The molecule has 5 rings (SSSR count). The van der Waals surface area contributed by atoms with Crippen LogP contribution >= 0.6 is 0 Å². The van der Waals surface area contributed by atoms with Gasteiger partial charge in [-0.15, -0.1) is 0 Å². The highest BCUT2D eigenvalue weighted by molar-refractivity contribution is 6.19. The molecule has 0 bridgehead atoms. The molecule has 1 saturated carbocycles. The number of Topliss-reactive ketones (excluding diaryl/α,β-unsaturated/α-hetero) is 1. The maximum absolute atomic E-state index is 13.2. The molecule has 1 atom stereocenters. The number of cyclic esters (lactones) is 1. The molecule has 0 spiro atoms. The minimum absolute atomic E-state index is 0.115. The molecular weight excluding hydrogens is 376 g/mol. The van der Waals surface area contributed by atoms with Crippen molar-refractivity contribution in [3.8, 4) is 11.1 Å². The third-order valence-electron chi connectivity index (χ3n) is 6.92. The van der Waals surface area contributed by atoms with Gasteiger partial charge in [-0.1, -0.05) is 80.6 Å². The summed E-state index contributed by atoms with van der Waals surface area (Å²) >= 11 is 0. The van der Waals surface area contributed by atoms with E-state index in [2.05, 4.69) is 12.1 Å². The number of aliphatic hydroxyl groups is 1. The summed E-state index contributed by atoms with van der Waals surface area (Å²) in [6, 6.07) is 16.2. The third-order valence-corrected chi connectivity index (χ3v) is 6.92. The van der Waals surface area contributed by atoms with E-state index in [-0.39, 0.29) is 29.5 Å². The Bertz CT molecular complexity index is 983. The predicted octanol–water partition coefficient (Wildman–Crippen LogP) is 5.47. The summed E-state index contributed by atoms with van der Waals surface area (Å²) < 4.78 is 5.43. The fourth-order valence-electron chi connectivity index (χ4n) is 5.42. The molecule has 0 radical (unpaired) electrons. The van der Waals surface area contributed by atoms with E-state index in [0.29, 0.717) is 12.3 Å². The van der Waals surface area contributed by atoms with E-state index in [9.17, 15) is 14.7 Å². The van der Waals surface area contributed by atoms with Crippen LogP contribution < -0.4 is 0 Å². The number of carbonyl (C=O) groups is 2. The molecule has 0 amide bonds. The summed E-state index contributed by atoms with van der Waals surface area (Å²) in [6.07, 6.45) is 5.91. The fourth-order valence-corrected chi connectivity index (χ4v) is 5.42. The molecule has 154 valence electrons. The Hall–Kier alpha value is -2.88. The van der Waals surface area contributed by atoms with Crippen LogP contribution in [0.1, 0.15) is 62.0 Å². The highest BCUT2D eigenvalue weighted by Crippen LogP contribution is 2.46. The number of carbonyl (C=O) groups excluding carboxylic acids is 2. The van der Waals surface area contributed by atoms with Crippen LogP contribution in [-0.4, -0.2) is 23.0 Å². The van der Waals surface area contributed by atoms with Gasteiger partial charge < -0.3 is 9.84 Å². The number of hydrogen-bond acceptors (Lipinski definition) is 4. The first-order valence-corrected chi connectivity index (χ1v) is 11.0. The first-order chi connectivity index (χ1) is 14.6. The van der Waals surface area contributed by atoms with Gasteiger partial charge in [-0.25, -0.2) is 4.79 Å². The highest BCUT2D eigenvalue weighted by atomic mass is 16.6. The second-order valence-electron chi connectivity index (χ2n) is 8.75. The molecule has 1 aliphatic heterocycles. The number of esters is 1. The molecule has 2 aliphatic carbocycles. The summed E-state index contributed by atoms with van der Waals surface area (Å²) in [7, 11) is 0. The summed E-state index contributed by atoms with van der Waals surface area (Å²) in [5.74, 6) is -0.828. The first kappa shape index (κ1) is 19.1. The lowest BCUT2D eigenvalue weighted by Gasteiger charge is -2.23. The lowest BCUT2D eigenvalue weighted by Crippen LogP contribution is -2.18. The number of fused-ring (bicyclic) bond motifs is 3. The summed E-state index contributed by atoms with van der Waals surface area (Å²) in [6.45, 7) is 0. The van der Waals surface area contributed by atoms with Gasteiger partial charge in [0, 0.05) is 12.3 Å². The molecule has 0 aromatic heterocycles. The van der Waals surface area contributed by atoms with E-state index in [1.807, 2.05) is 36.4 Å². The standard InChI is InChI=1S/C26H26O4/c27-22(24-25(28)23(30-26(24)29)14-16-8-2-1-3-9-16)15-21-19-12-6-4-10-17(19)18-11-5-7-13-20(18)21/h4-7,10-13,16,21,23,28H,1-3,8-9,14-15H2. The number of benzene rings is 2. The minimum Gasteiger partial charge on any atom is -0.507 e. The number of ketones is 1. The lowest BCUT2D eigenvalue weighted by atomic mass is 9.84. The molecule has 3 aliphatic rings. The van der Waals surface area contributed by atoms with Gasteiger partial charge in [0.1, 0.15) is 5.57 Å². The van der Waals surface area contributed by atoms with Crippen molar-refractivity contribution < 1.29 is 19.4 Å². The average Bonchev–Trinajstić information content (AvgIpc) is 3.23. The third kappa shape index (κ3) is 3.24. The van der Waals surface area contributed by atoms with Gasteiger partial charge in [0.2, 0.25) is 0 Å². The zero-order chi connectivity index (χ0) is 20.7. The Morgan fingerprint density at radius 3 is 2.17 bits per heavy atom. The van der Waals surface area contributed by atoms with Crippen molar-refractivity contribution in [1.82, 2.24) is 0 Å². The SMILES string of the molecule is O=C(CC1c2ccccc2-c2ccccc21)C1=C(O)C(CC2CCCCC2)OC1=O. The van der Waals surface area contributed by atoms with E-state index in [4.69, 9.17) is 4.74 Å². The van der Waals surface area contributed by atoms with Crippen LogP contribution in [0.4, 0.5) is 0 Å². The first-order valence-electron chi connectivity index (χ1n) is 11.0. The van der Waals surface area contributed by atoms with E-state index < -0.39 is 12.1 Å². The Balaban J connectivity index is 1.39. The highest BCUT2D eigenvalue weighted by Gasteiger charge is 2.41. The van der Waals surface area contributed by atoms with Crippen molar-refractivity contribution in [3.05, 3.63) is 71.0 Å². The van der Waals surface area contributed by atoms with Gasteiger partial charge in [-0.05, 0) is 34.6 Å². The van der Waals surface area contributed by atoms with Crippen molar-refractivity contribution in [2.75, 3.05) is 0 Å². The van der Waals surface area contributed by atoms with E-state index >= 15 is 0 Å². The molecule has 1 unspecified atom stereocenters. The maximum Gasteiger partial charge on any atom is 0.346 e. The smallest absolute Gasteiger partial charge is 0.346 e. The molecule has 4 nitrogen and oxygen atoms in total. The zero-order valence-electron chi connectivity index (χ0n) is 17.0. The molecular formula is C26H26O4. The van der Waals surface area contributed by atoms with E-state index in [0.717, 1.165) is 35.1 Å². The van der Waals surface area contributed by atoms with Crippen LogP contribution in [0.25, 0.3) is 11.1 Å². The summed E-state index contributed by atoms with van der Waals surface area (Å²) in [5.41, 5.74) is 4.31. The number of hydrogen-bond donors (Lipinski definition) is 1. The number of aliphatic hydroxyl groups excluding tert-OH is 1. The van der Waals surface area contributed by atoms with Crippen LogP contribution in [0.5, 0.6) is 0 Å². The van der Waals surface area contributed by atoms with Crippen molar-refractivity contribution in [2.45, 2.75) is 57.0 Å². The predicted molar refractivity (Wildman–Crippen MR) is 114 cm³/mol. The molecule has 1 fully saturated rings. The minimum atomic E-state index is -0.669. The van der Waals surface area contributed by atoms with Crippen molar-refractivity contribution in [1.29, 1.82) is 0 Å². The molecule has 4 heteroatoms. The number of rotatable bonds is 5. The average molecular weight is 402 g/mol. The Morgan fingerprint density at radius 1 is 0.933 bits per heavy atom. The van der Waals surface area contributed by atoms with Crippen molar-refractivity contribution in [3.63, 3.8) is 0 Å². The van der Waals surface area contributed by atoms with Gasteiger partial charge in [-0.3, -0.25) is 4.79 Å². The number of ether oxygens (including phenoxy) is 1. The molecule has 1 heterocycles. The molecule has 2 aromatic carbocycles. The molecule has 30 heavy (non-hydrogen) atoms. The van der Waals surface area contributed by atoms with Gasteiger partial charge in [-0.2, -0.15) is 0 Å². The Morgan fingerprint density at radius 2 is 1.53 bits per heavy atom. The van der Waals surface area contributed by atoms with Gasteiger partial charge in [0.25, 0.3) is 0 Å². The largest absolute Gasteiger partial charge is 0.507 e. The van der Waals surface area contributed by atoms with E-state index in [1.54, 1.807) is 0 Å². The molecule has 0 saturated heterocycles. The topological polar surface area (TPSA) is 63.6 Å². The quantitative estimate of drug-likeness (QED) is 0.532. The lowest BCUT2D eigenvalue weighted by molar-refractivity contribution is -0.141.